The van der Waals surface area contributed by atoms with Crippen molar-refractivity contribution in [3.05, 3.63) is 33.8 Å². The topological polar surface area (TPSA) is 32.3 Å². The molecular formula is C12H17BrN2O. The molecule has 0 heterocycles. The molecule has 0 radical (unpaired) electrons. The van der Waals surface area contributed by atoms with Gasteiger partial charge in [0.2, 0.25) is 5.91 Å². The summed E-state index contributed by atoms with van der Waals surface area (Å²) >= 11 is 3.46. The van der Waals surface area contributed by atoms with Gasteiger partial charge in [0.15, 0.2) is 0 Å². The summed E-state index contributed by atoms with van der Waals surface area (Å²) in [6.07, 6.45) is 0. The maximum absolute atomic E-state index is 11.3. The third-order valence-electron chi connectivity index (χ3n) is 2.33. The van der Waals surface area contributed by atoms with E-state index in [0.717, 1.165) is 4.47 Å². The van der Waals surface area contributed by atoms with Crippen LogP contribution >= 0.6 is 15.9 Å². The van der Waals surface area contributed by atoms with Gasteiger partial charge in [-0.2, -0.15) is 0 Å². The smallest absolute Gasteiger partial charge is 0.236 e. The molecule has 1 amide bonds. The lowest BCUT2D eigenvalue weighted by Gasteiger charge is -2.11. The molecule has 0 spiro atoms. The molecule has 1 rings (SSSR count). The number of nitrogens with zero attached hydrogens (tertiary/aromatic N) is 1. The fraction of sp³-hybridized carbons (Fsp3) is 0.417. The van der Waals surface area contributed by atoms with E-state index in [9.17, 15) is 4.79 Å². The highest BCUT2D eigenvalue weighted by Gasteiger charge is 2.03. The van der Waals surface area contributed by atoms with E-state index in [0.29, 0.717) is 13.1 Å². The predicted octanol–water partition coefficient (Wildman–Crippen LogP) is 1.94. The van der Waals surface area contributed by atoms with Gasteiger partial charge in [0.1, 0.15) is 0 Å². The summed E-state index contributed by atoms with van der Waals surface area (Å²) in [4.78, 5) is 12.9. The van der Waals surface area contributed by atoms with Crippen molar-refractivity contribution in [2.75, 3.05) is 20.6 Å². The summed E-state index contributed by atoms with van der Waals surface area (Å²) in [6.45, 7) is 3.15. The maximum Gasteiger partial charge on any atom is 0.236 e. The van der Waals surface area contributed by atoms with Gasteiger partial charge in [0.05, 0.1) is 6.54 Å². The van der Waals surface area contributed by atoms with Crippen molar-refractivity contribution < 1.29 is 4.79 Å². The van der Waals surface area contributed by atoms with Crippen LogP contribution in [0.15, 0.2) is 22.7 Å². The second kappa shape index (κ2) is 6.01. The summed E-state index contributed by atoms with van der Waals surface area (Å²) < 4.78 is 1.11. The molecule has 0 aromatic heterocycles. The van der Waals surface area contributed by atoms with E-state index in [2.05, 4.69) is 34.2 Å². The lowest BCUT2D eigenvalue weighted by Crippen LogP contribution is -2.32. The average Bonchev–Trinajstić information content (AvgIpc) is 2.23. The normalized spacial score (nSPS) is 10.2. The molecule has 0 bridgehead atoms. The van der Waals surface area contributed by atoms with Crippen molar-refractivity contribution in [1.82, 2.24) is 10.2 Å². The molecule has 1 aromatic carbocycles. The number of benzene rings is 1. The predicted molar refractivity (Wildman–Crippen MR) is 69.3 cm³/mol. The zero-order valence-corrected chi connectivity index (χ0v) is 11.5. The first-order valence-electron chi connectivity index (χ1n) is 5.16. The number of hydrogen-bond donors (Lipinski definition) is 1. The van der Waals surface area contributed by atoms with Crippen LogP contribution < -0.4 is 5.32 Å². The molecule has 3 nitrogen and oxygen atoms in total. The number of rotatable bonds is 4. The second-order valence-electron chi connectivity index (χ2n) is 3.98. The summed E-state index contributed by atoms with van der Waals surface area (Å²) in [5, 5.41) is 3.12. The molecule has 16 heavy (non-hydrogen) atoms. The van der Waals surface area contributed by atoms with Crippen LogP contribution in [0.3, 0.4) is 0 Å². The third-order valence-corrected chi connectivity index (χ3v) is 3.22. The summed E-state index contributed by atoms with van der Waals surface area (Å²) in [5.74, 6) is 0.0915. The minimum Gasteiger partial charge on any atom is -0.348 e. The van der Waals surface area contributed by atoms with Gasteiger partial charge in [0, 0.05) is 25.1 Å². The van der Waals surface area contributed by atoms with Gasteiger partial charge in [-0.05, 0) is 24.1 Å². The Morgan fingerprint density at radius 3 is 2.69 bits per heavy atom. The maximum atomic E-state index is 11.3. The summed E-state index contributed by atoms with van der Waals surface area (Å²) in [6, 6.07) is 6.18. The third kappa shape index (κ3) is 3.94. The molecular weight excluding hydrogens is 268 g/mol. The molecule has 0 aliphatic carbocycles. The van der Waals surface area contributed by atoms with Gasteiger partial charge < -0.3 is 10.2 Å². The van der Waals surface area contributed by atoms with Crippen molar-refractivity contribution in [3.8, 4) is 0 Å². The molecule has 0 saturated heterocycles. The van der Waals surface area contributed by atoms with E-state index < -0.39 is 0 Å². The Balaban J connectivity index is 2.43. The number of carbonyl (C=O) groups excluding carboxylic acids is 1. The van der Waals surface area contributed by atoms with Crippen LogP contribution in [0.4, 0.5) is 0 Å². The van der Waals surface area contributed by atoms with Crippen molar-refractivity contribution in [2.24, 2.45) is 0 Å². The van der Waals surface area contributed by atoms with Crippen LogP contribution in [-0.2, 0) is 11.3 Å². The lowest BCUT2D eigenvalue weighted by molar-refractivity contribution is -0.127. The van der Waals surface area contributed by atoms with Crippen molar-refractivity contribution in [1.29, 1.82) is 0 Å². The van der Waals surface area contributed by atoms with Gasteiger partial charge in [-0.3, -0.25) is 4.79 Å². The molecule has 0 fully saturated rings. The molecule has 0 atom stereocenters. The Labute approximate surface area is 105 Å². The van der Waals surface area contributed by atoms with Crippen LogP contribution in [0.1, 0.15) is 11.1 Å². The van der Waals surface area contributed by atoms with Crippen molar-refractivity contribution in [2.45, 2.75) is 13.5 Å². The van der Waals surface area contributed by atoms with Gasteiger partial charge in [-0.25, -0.2) is 0 Å². The van der Waals surface area contributed by atoms with Crippen LogP contribution in [0, 0.1) is 6.92 Å². The van der Waals surface area contributed by atoms with Gasteiger partial charge >= 0.3 is 0 Å². The van der Waals surface area contributed by atoms with E-state index in [1.54, 1.807) is 19.0 Å². The monoisotopic (exact) mass is 284 g/mol. The van der Waals surface area contributed by atoms with Crippen LogP contribution in [0.5, 0.6) is 0 Å². The molecule has 0 saturated carbocycles. The van der Waals surface area contributed by atoms with E-state index in [1.165, 1.54) is 11.1 Å². The van der Waals surface area contributed by atoms with E-state index >= 15 is 0 Å². The van der Waals surface area contributed by atoms with Crippen LogP contribution in [0.25, 0.3) is 0 Å². The number of nitrogens with one attached hydrogen (secondary N) is 1. The largest absolute Gasteiger partial charge is 0.348 e. The number of aryl methyl sites for hydroxylation is 1. The fourth-order valence-corrected chi connectivity index (χ4v) is 1.54. The summed E-state index contributed by atoms with van der Waals surface area (Å²) in [5.41, 5.74) is 2.39. The fourth-order valence-electron chi connectivity index (χ4n) is 1.29. The highest BCUT2D eigenvalue weighted by atomic mass is 79.9. The molecule has 0 aliphatic rings. The van der Waals surface area contributed by atoms with Gasteiger partial charge in [0.25, 0.3) is 0 Å². The Kier molecular flexibility index (Phi) is 4.96. The van der Waals surface area contributed by atoms with Crippen molar-refractivity contribution in [3.63, 3.8) is 0 Å². The summed E-state index contributed by atoms with van der Waals surface area (Å²) in [7, 11) is 3.52. The van der Waals surface area contributed by atoms with E-state index in [1.807, 2.05) is 12.1 Å². The molecule has 1 N–H and O–H groups in total. The van der Waals surface area contributed by atoms with Crippen LogP contribution in [-0.4, -0.2) is 31.4 Å². The van der Waals surface area contributed by atoms with Gasteiger partial charge in [-0.1, -0.05) is 28.1 Å². The number of likely N-dealkylation sites (N-methyl/N-ethyl adjacent to an activating group) is 1. The minimum atomic E-state index is 0.0915. The first-order chi connectivity index (χ1) is 7.50. The van der Waals surface area contributed by atoms with Gasteiger partial charge in [-0.15, -0.1) is 0 Å². The minimum absolute atomic E-state index is 0.0915. The Morgan fingerprint density at radius 1 is 1.44 bits per heavy atom. The Hall–Kier alpha value is -0.870. The highest BCUT2D eigenvalue weighted by Crippen LogP contribution is 2.16. The second-order valence-corrected chi connectivity index (χ2v) is 4.83. The number of carbonyl (C=O) groups is 1. The van der Waals surface area contributed by atoms with E-state index in [-0.39, 0.29) is 5.91 Å². The SMILES string of the molecule is Cc1cc(CNCC(=O)N(C)C)ccc1Br. The first kappa shape index (κ1) is 13.2. The zero-order chi connectivity index (χ0) is 12.1. The molecule has 4 heteroatoms. The number of halogens is 1. The molecule has 0 unspecified atom stereocenters. The van der Waals surface area contributed by atoms with Crippen LogP contribution in [0.2, 0.25) is 0 Å². The standard InChI is InChI=1S/C12H17BrN2O/c1-9-6-10(4-5-11(9)13)7-14-8-12(16)15(2)3/h4-6,14H,7-8H2,1-3H3. The Morgan fingerprint density at radius 2 is 2.12 bits per heavy atom. The molecule has 88 valence electrons. The zero-order valence-electron chi connectivity index (χ0n) is 9.88. The average molecular weight is 285 g/mol. The molecule has 0 aliphatic heterocycles. The lowest BCUT2D eigenvalue weighted by atomic mass is 10.1. The van der Waals surface area contributed by atoms with E-state index in [4.69, 9.17) is 0 Å². The highest BCUT2D eigenvalue weighted by molar-refractivity contribution is 9.10. The number of hydrogen-bond acceptors (Lipinski definition) is 2. The number of amides is 1. The first-order valence-corrected chi connectivity index (χ1v) is 5.96. The van der Waals surface area contributed by atoms with Crippen molar-refractivity contribution >= 4 is 21.8 Å². The quantitative estimate of drug-likeness (QED) is 0.917. The Bertz CT molecular complexity index is 377. The molecule has 1 aromatic rings.